The van der Waals surface area contributed by atoms with Crippen LogP contribution in [-0.2, 0) is 14.3 Å². The third kappa shape index (κ3) is 8.26. The maximum atomic E-state index is 12.4. The first-order valence-corrected chi connectivity index (χ1v) is 13.5. The molecule has 7 heteroatoms. The number of hydrogen-bond acceptors (Lipinski definition) is 7. The van der Waals surface area contributed by atoms with Crippen LogP contribution in [-0.4, -0.2) is 50.4 Å². The highest BCUT2D eigenvalue weighted by Gasteiger charge is 2.35. The van der Waals surface area contributed by atoms with Gasteiger partial charge >= 0.3 is 5.97 Å². The molecular formula is C24H38O5S2. The van der Waals surface area contributed by atoms with Gasteiger partial charge in [0.1, 0.15) is 5.78 Å². The van der Waals surface area contributed by atoms with Gasteiger partial charge < -0.3 is 14.9 Å². The number of allylic oxidation sites excluding steroid dienone is 4. The van der Waals surface area contributed by atoms with E-state index in [4.69, 9.17) is 0 Å². The Morgan fingerprint density at radius 2 is 2.00 bits per heavy atom. The number of esters is 1. The second kappa shape index (κ2) is 13.1. The van der Waals surface area contributed by atoms with E-state index in [1.54, 1.807) is 0 Å². The van der Waals surface area contributed by atoms with Crippen molar-refractivity contribution in [1.29, 1.82) is 0 Å². The largest absolute Gasteiger partial charge is 0.465 e. The van der Waals surface area contributed by atoms with Crippen LogP contribution in [0.5, 0.6) is 0 Å². The first kappa shape index (κ1) is 26.5. The lowest BCUT2D eigenvalue weighted by molar-refractivity contribution is -0.208. The molecule has 2 atom stereocenters. The molecule has 31 heavy (non-hydrogen) atoms. The predicted molar refractivity (Wildman–Crippen MR) is 129 cm³/mol. The number of Topliss-reactive ketones (excluding diaryl/α,β-unsaturated/α-hetero) is 1. The van der Waals surface area contributed by atoms with Crippen LogP contribution in [0.25, 0.3) is 0 Å². The monoisotopic (exact) mass is 470 g/mol. The van der Waals surface area contributed by atoms with Crippen molar-refractivity contribution >= 4 is 35.3 Å². The molecule has 1 saturated carbocycles. The fraction of sp³-hybridized carbons (Fsp3) is 0.750. The summed E-state index contributed by atoms with van der Waals surface area (Å²) in [6.45, 7) is 2.25. The topological polar surface area (TPSA) is 83.8 Å². The zero-order valence-corrected chi connectivity index (χ0v) is 20.5. The minimum Gasteiger partial charge on any atom is -0.465 e. The average Bonchev–Trinajstić information content (AvgIpc) is 3.11. The summed E-state index contributed by atoms with van der Waals surface area (Å²) in [7, 11) is 1.12. The standard InChI is InChI=1S/C24H38O5S2/c1-3-4-14-23(30-17-9-18-31-23)15-8-10-19-12-13-21(25)20(19)11-6-5-7-16-24(27,28)22(26)29-2/h5-6,8,10,19-20,27-28H,3-4,7,9,11-18H2,1-2H3/b6-5-,10-8+/t19-,20+/m0/s1. The van der Waals surface area contributed by atoms with E-state index >= 15 is 0 Å². The fourth-order valence-corrected chi connectivity index (χ4v) is 7.57. The number of rotatable bonds is 12. The van der Waals surface area contributed by atoms with Crippen LogP contribution >= 0.6 is 23.5 Å². The van der Waals surface area contributed by atoms with E-state index in [2.05, 4.69) is 47.3 Å². The van der Waals surface area contributed by atoms with Crippen LogP contribution in [0.15, 0.2) is 24.3 Å². The number of unbranched alkanes of at least 4 members (excludes halogenated alkanes) is 1. The normalized spacial score (nSPS) is 24.3. The van der Waals surface area contributed by atoms with Gasteiger partial charge in [-0.1, -0.05) is 44.1 Å². The molecule has 1 saturated heterocycles. The van der Waals surface area contributed by atoms with Crippen LogP contribution in [0.1, 0.15) is 71.1 Å². The van der Waals surface area contributed by atoms with Crippen LogP contribution in [0, 0.1) is 11.8 Å². The number of methoxy groups -OCH3 is 1. The van der Waals surface area contributed by atoms with Gasteiger partial charge in [0.15, 0.2) is 0 Å². The number of ether oxygens (including phenoxy) is 1. The van der Waals surface area contributed by atoms with E-state index < -0.39 is 11.8 Å². The van der Waals surface area contributed by atoms with E-state index in [1.165, 1.54) is 37.2 Å². The molecule has 0 aromatic heterocycles. The Labute approximate surface area is 195 Å². The quantitative estimate of drug-likeness (QED) is 0.239. The summed E-state index contributed by atoms with van der Waals surface area (Å²) < 4.78 is 4.68. The number of aliphatic hydroxyl groups is 2. The molecule has 0 radical (unpaired) electrons. The Bertz CT molecular complexity index is 638. The Kier molecular flexibility index (Phi) is 11.2. The molecule has 2 aliphatic rings. The van der Waals surface area contributed by atoms with Gasteiger partial charge in [0.25, 0.3) is 5.79 Å². The Morgan fingerprint density at radius 1 is 1.26 bits per heavy atom. The molecule has 0 spiro atoms. The van der Waals surface area contributed by atoms with Gasteiger partial charge in [-0.3, -0.25) is 4.79 Å². The maximum absolute atomic E-state index is 12.4. The summed E-state index contributed by atoms with van der Waals surface area (Å²) in [4.78, 5) is 23.7. The summed E-state index contributed by atoms with van der Waals surface area (Å²) >= 11 is 4.24. The third-order valence-corrected chi connectivity index (χ3v) is 9.61. The lowest BCUT2D eigenvalue weighted by Crippen LogP contribution is -2.39. The second-order valence-electron chi connectivity index (χ2n) is 8.53. The van der Waals surface area contributed by atoms with E-state index in [0.29, 0.717) is 29.1 Å². The highest BCUT2D eigenvalue weighted by atomic mass is 32.2. The molecule has 2 N–H and O–H groups in total. The Hall–Kier alpha value is -0.760. The molecular weight excluding hydrogens is 432 g/mol. The van der Waals surface area contributed by atoms with Crippen molar-refractivity contribution in [3.63, 3.8) is 0 Å². The molecule has 0 amide bonds. The van der Waals surface area contributed by atoms with Gasteiger partial charge in [-0.15, -0.1) is 23.5 Å². The van der Waals surface area contributed by atoms with Crippen molar-refractivity contribution < 1.29 is 24.5 Å². The summed E-state index contributed by atoms with van der Waals surface area (Å²) in [6.07, 6.45) is 16.8. The fourth-order valence-electron chi connectivity index (χ4n) is 4.23. The van der Waals surface area contributed by atoms with Crippen LogP contribution in [0.4, 0.5) is 0 Å². The molecule has 176 valence electrons. The SMILES string of the molecule is CCCCC1(C/C=C/[C@H]2CCC(=O)[C@@H]2C/C=C\CCC(O)(O)C(=O)OC)SCCCS1. The molecule has 1 aliphatic heterocycles. The van der Waals surface area contributed by atoms with Crippen LogP contribution < -0.4 is 0 Å². The van der Waals surface area contributed by atoms with Crippen molar-refractivity contribution in [3.05, 3.63) is 24.3 Å². The van der Waals surface area contributed by atoms with Crippen molar-refractivity contribution in [1.82, 2.24) is 0 Å². The second-order valence-corrected chi connectivity index (χ2v) is 11.7. The highest BCUT2D eigenvalue weighted by Crippen LogP contribution is 2.48. The number of hydrogen-bond donors (Lipinski definition) is 2. The zero-order chi connectivity index (χ0) is 22.7. The maximum Gasteiger partial charge on any atom is 0.366 e. The molecule has 2 fully saturated rings. The van der Waals surface area contributed by atoms with E-state index in [1.807, 2.05) is 12.2 Å². The predicted octanol–water partition coefficient (Wildman–Crippen LogP) is 4.87. The van der Waals surface area contributed by atoms with Gasteiger partial charge in [-0.25, -0.2) is 4.79 Å². The third-order valence-electron chi connectivity index (χ3n) is 6.13. The van der Waals surface area contributed by atoms with E-state index in [-0.39, 0.29) is 18.3 Å². The summed E-state index contributed by atoms with van der Waals surface area (Å²) in [5.41, 5.74) is 0. The van der Waals surface area contributed by atoms with Crippen molar-refractivity contribution in [2.45, 2.75) is 81.0 Å². The minimum atomic E-state index is -2.46. The summed E-state index contributed by atoms with van der Waals surface area (Å²) in [6, 6.07) is 0. The lowest BCUT2D eigenvalue weighted by Gasteiger charge is -2.35. The van der Waals surface area contributed by atoms with Gasteiger partial charge in [0.2, 0.25) is 0 Å². The van der Waals surface area contributed by atoms with Crippen LogP contribution in [0.2, 0.25) is 0 Å². The summed E-state index contributed by atoms with van der Waals surface area (Å²) in [5, 5.41) is 19.3. The first-order valence-electron chi connectivity index (χ1n) is 11.5. The molecule has 2 rings (SSSR count). The van der Waals surface area contributed by atoms with Gasteiger partial charge in [0.05, 0.1) is 11.2 Å². The van der Waals surface area contributed by atoms with Gasteiger partial charge in [-0.2, -0.15) is 0 Å². The van der Waals surface area contributed by atoms with Crippen molar-refractivity contribution in [2.24, 2.45) is 11.8 Å². The molecule has 0 bridgehead atoms. The molecule has 0 aromatic rings. The Morgan fingerprint density at radius 3 is 2.68 bits per heavy atom. The number of thioether (sulfide) groups is 2. The minimum absolute atomic E-state index is 0.000582. The number of ketones is 1. The first-order chi connectivity index (χ1) is 14.8. The van der Waals surface area contributed by atoms with E-state index in [9.17, 15) is 19.8 Å². The molecule has 0 unspecified atom stereocenters. The molecule has 5 nitrogen and oxygen atoms in total. The van der Waals surface area contributed by atoms with Crippen LogP contribution in [0.3, 0.4) is 0 Å². The van der Waals surface area contributed by atoms with Crippen molar-refractivity contribution in [3.8, 4) is 0 Å². The zero-order valence-electron chi connectivity index (χ0n) is 18.9. The average molecular weight is 471 g/mol. The molecule has 0 aromatic carbocycles. The molecule has 1 aliphatic carbocycles. The van der Waals surface area contributed by atoms with Crippen molar-refractivity contribution in [2.75, 3.05) is 18.6 Å². The van der Waals surface area contributed by atoms with Gasteiger partial charge in [-0.05, 0) is 55.9 Å². The Balaban J connectivity index is 1.85. The molecule has 1 heterocycles. The smallest absolute Gasteiger partial charge is 0.366 e. The summed E-state index contributed by atoms with van der Waals surface area (Å²) in [5.74, 6) is -0.422. The number of carbonyl (C=O) groups is 2. The van der Waals surface area contributed by atoms with E-state index in [0.717, 1.165) is 20.0 Å². The number of carbonyl (C=O) groups excluding carboxylic acids is 2. The lowest BCUT2D eigenvalue weighted by atomic mass is 9.91. The van der Waals surface area contributed by atoms with Gasteiger partial charge in [0, 0.05) is 18.8 Å². The highest BCUT2D eigenvalue weighted by molar-refractivity contribution is 8.18.